The van der Waals surface area contributed by atoms with Crippen molar-refractivity contribution >= 4 is 29.3 Å². The minimum absolute atomic E-state index is 0.350. The lowest BCUT2D eigenvalue weighted by atomic mass is 10.3. The van der Waals surface area contributed by atoms with Gasteiger partial charge in [0.15, 0.2) is 0 Å². The maximum absolute atomic E-state index is 10.6. The molecule has 1 heterocycles. The molecule has 0 amide bonds. The molecule has 5 heteroatoms. The van der Waals surface area contributed by atoms with Crippen LogP contribution in [0.2, 0.25) is 0 Å². The van der Waals surface area contributed by atoms with Gasteiger partial charge in [-0.1, -0.05) is 0 Å². The zero-order chi connectivity index (χ0) is 8.43. The Bertz CT molecular complexity index is 282. The Kier molecular flexibility index (Phi) is 2.51. The zero-order valence-electron chi connectivity index (χ0n) is 6.12. The molecule has 1 aromatic heterocycles. The number of hydrogen-bond acceptors (Lipinski definition) is 4. The van der Waals surface area contributed by atoms with Gasteiger partial charge in [0.2, 0.25) is 0 Å². The van der Waals surface area contributed by atoms with Crippen LogP contribution in [0.3, 0.4) is 0 Å². The number of aryl methyl sites for hydroxylation is 1. The summed E-state index contributed by atoms with van der Waals surface area (Å²) in [5.41, 5.74) is 0.350. The van der Waals surface area contributed by atoms with Crippen LogP contribution in [0.4, 0.5) is 0 Å². The van der Waals surface area contributed by atoms with Gasteiger partial charge in [0.1, 0.15) is 10.6 Å². The standard InChI is InChI=1S/C6H7NO2S2/c1-3-4(6(8)9)5(10-2)7-11-3/h1-2H3,(H,8,9). The second-order valence-electron chi connectivity index (χ2n) is 1.93. The summed E-state index contributed by atoms with van der Waals surface area (Å²) in [4.78, 5) is 11.4. The number of carboxylic acids is 1. The predicted molar refractivity (Wildman–Crippen MR) is 45.6 cm³/mol. The summed E-state index contributed by atoms with van der Waals surface area (Å²) in [7, 11) is 0. The van der Waals surface area contributed by atoms with Crippen molar-refractivity contribution in [2.24, 2.45) is 0 Å². The molecule has 1 N–H and O–H groups in total. The number of nitrogens with zero attached hydrogens (tertiary/aromatic N) is 1. The molecule has 0 saturated carbocycles. The molecule has 3 nitrogen and oxygen atoms in total. The predicted octanol–water partition coefficient (Wildman–Crippen LogP) is 1.87. The van der Waals surface area contributed by atoms with Gasteiger partial charge in [0.25, 0.3) is 0 Å². The van der Waals surface area contributed by atoms with Gasteiger partial charge < -0.3 is 5.11 Å². The van der Waals surface area contributed by atoms with E-state index in [9.17, 15) is 4.79 Å². The van der Waals surface area contributed by atoms with Crippen LogP contribution in [-0.4, -0.2) is 21.7 Å². The Morgan fingerprint density at radius 1 is 1.73 bits per heavy atom. The summed E-state index contributed by atoms with van der Waals surface area (Å²) in [6.07, 6.45) is 1.82. The number of rotatable bonds is 2. The quantitative estimate of drug-likeness (QED) is 0.721. The topological polar surface area (TPSA) is 50.2 Å². The second-order valence-corrected chi connectivity index (χ2v) is 3.70. The number of carboxylic acid groups (broad SMARTS) is 1. The molecule has 0 fully saturated rings. The Morgan fingerprint density at radius 3 is 2.73 bits per heavy atom. The molecule has 1 aromatic rings. The highest BCUT2D eigenvalue weighted by Gasteiger charge is 2.15. The van der Waals surface area contributed by atoms with E-state index in [1.54, 1.807) is 6.92 Å². The first-order valence-corrected chi connectivity index (χ1v) is 4.90. The Labute approximate surface area is 72.6 Å². The van der Waals surface area contributed by atoms with Crippen molar-refractivity contribution in [1.29, 1.82) is 0 Å². The highest BCUT2D eigenvalue weighted by molar-refractivity contribution is 7.98. The van der Waals surface area contributed by atoms with E-state index in [0.717, 1.165) is 4.88 Å². The molecule has 0 aliphatic carbocycles. The normalized spacial score (nSPS) is 10.0. The fourth-order valence-electron chi connectivity index (χ4n) is 0.733. The molecular weight excluding hydrogens is 182 g/mol. The van der Waals surface area contributed by atoms with Gasteiger partial charge in [-0.25, -0.2) is 4.79 Å². The SMILES string of the molecule is CSc1nsc(C)c1C(=O)O. The van der Waals surface area contributed by atoms with Crippen LogP contribution in [0.15, 0.2) is 5.03 Å². The molecule has 11 heavy (non-hydrogen) atoms. The molecule has 0 aromatic carbocycles. The molecule has 0 spiro atoms. The number of carbonyl (C=O) groups is 1. The van der Waals surface area contributed by atoms with Crippen molar-refractivity contribution in [3.05, 3.63) is 10.4 Å². The fourth-order valence-corrected chi connectivity index (χ4v) is 2.24. The molecule has 0 bridgehead atoms. The van der Waals surface area contributed by atoms with E-state index >= 15 is 0 Å². The minimum Gasteiger partial charge on any atom is -0.478 e. The van der Waals surface area contributed by atoms with E-state index in [2.05, 4.69) is 4.37 Å². The zero-order valence-corrected chi connectivity index (χ0v) is 7.75. The molecule has 0 atom stereocenters. The summed E-state index contributed by atoms with van der Waals surface area (Å²) in [6, 6.07) is 0. The third-order valence-corrected chi connectivity index (χ3v) is 2.79. The highest BCUT2D eigenvalue weighted by Crippen LogP contribution is 2.24. The lowest BCUT2D eigenvalue weighted by Crippen LogP contribution is -1.97. The van der Waals surface area contributed by atoms with Crippen LogP contribution in [-0.2, 0) is 0 Å². The van der Waals surface area contributed by atoms with Gasteiger partial charge in [0, 0.05) is 4.88 Å². The van der Waals surface area contributed by atoms with Crippen LogP contribution in [0, 0.1) is 6.92 Å². The summed E-state index contributed by atoms with van der Waals surface area (Å²) < 4.78 is 3.98. The minimum atomic E-state index is -0.888. The van der Waals surface area contributed by atoms with E-state index in [4.69, 9.17) is 5.11 Å². The molecule has 0 aliphatic rings. The van der Waals surface area contributed by atoms with E-state index in [-0.39, 0.29) is 0 Å². The largest absolute Gasteiger partial charge is 0.478 e. The molecule has 0 radical (unpaired) electrons. The monoisotopic (exact) mass is 189 g/mol. The first-order chi connectivity index (χ1) is 5.16. The van der Waals surface area contributed by atoms with Crippen molar-refractivity contribution in [2.45, 2.75) is 11.9 Å². The van der Waals surface area contributed by atoms with Crippen LogP contribution in [0.1, 0.15) is 15.2 Å². The van der Waals surface area contributed by atoms with Crippen LogP contribution >= 0.6 is 23.3 Å². The van der Waals surface area contributed by atoms with Crippen molar-refractivity contribution < 1.29 is 9.90 Å². The number of aromatic carboxylic acids is 1. The van der Waals surface area contributed by atoms with E-state index in [0.29, 0.717) is 10.6 Å². The van der Waals surface area contributed by atoms with Gasteiger partial charge in [-0.15, -0.1) is 11.8 Å². The Balaban J connectivity index is 3.17. The first kappa shape index (κ1) is 8.55. The first-order valence-electron chi connectivity index (χ1n) is 2.90. The number of thioether (sulfide) groups is 1. The van der Waals surface area contributed by atoms with Crippen molar-refractivity contribution in [2.75, 3.05) is 6.26 Å². The van der Waals surface area contributed by atoms with Crippen molar-refractivity contribution in [3.63, 3.8) is 0 Å². The van der Waals surface area contributed by atoms with Crippen molar-refractivity contribution in [1.82, 2.24) is 4.37 Å². The third-order valence-electron chi connectivity index (χ3n) is 1.24. The van der Waals surface area contributed by atoms with E-state index in [1.165, 1.54) is 23.3 Å². The van der Waals surface area contributed by atoms with E-state index < -0.39 is 5.97 Å². The Morgan fingerprint density at radius 2 is 2.36 bits per heavy atom. The second kappa shape index (κ2) is 3.23. The smallest absolute Gasteiger partial charge is 0.339 e. The maximum Gasteiger partial charge on any atom is 0.339 e. The Hall–Kier alpha value is -0.550. The fraction of sp³-hybridized carbons (Fsp3) is 0.333. The van der Waals surface area contributed by atoms with Gasteiger partial charge in [-0.3, -0.25) is 0 Å². The van der Waals surface area contributed by atoms with Gasteiger partial charge in [-0.05, 0) is 24.7 Å². The molecule has 0 saturated heterocycles. The molecule has 60 valence electrons. The van der Waals surface area contributed by atoms with Gasteiger partial charge >= 0.3 is 5.97 Å². The van der Waals surface area contributed by atoms with Gasteiger partial charge in [-0.2, -0.15) is 4.37 Å². The van der Waals surface area contributed by atoms with Crippen molar-refractivity contribution in [3.8, 4) is 0 Å². The molecular formula is C6H7NO2S2. The number of hydrogen-bond donors (Lipinski definition) is 1. The summed E-state index contributed by atoms with van der Waals surface area (Å²) in [6.45, 7) is 1.76. The van der Waals surface area contributed by atoms with E-state index in [1.807, 2.05) is 6.26 Å². The van der Waals surface area contributed by atoms with Crippen LogP contribution < -0.4 is 0 Å². The summed E-state index contributed by atoms with van der Waals surface area (Å²) in [5.74, 6) is -0.888. The highest BCUT2D eigenvalue weighted by atomic mass is 32.2. The third kappa shape index (κ3) is 1.54. The average molecular weight is 189 g/mol. The van der Waals surface area contributed by atoms with Crippen LogP contribution in [0.5, 0.6) is 0 Å². The average Bonchev–Trinajstić information content (AvgIpc) is 2.30. The van der Waals surface area contributed by atoms with Crippen LogP contribution in [0.25, 0.3) is 0 Å². The lowest BCUT2D eigenvalue weighted by molar-refractivity contribution is 0.0692. The maximum atomic E-state index is 10.6. The molecule has 0 unspecified atom stereocenters. The molecule has 1 rings (SSSR count). The van der Waals surface area contributed by atoms with Gasteiger partial charge in [0.05, 0.1) is 0 Å². The summed E-state index contributed by atoms with van der Waals surface area (Å²) in [5, 5.41) is 9.33. The lowest BCUT2D eigenvalue weighted by Gasteiger charge is -1.92. The number of aromatic nitrogens is 1. The molecule has 0 aliphatic heterocycles. The summed E-state index contributed by atoms with van der Waals surface area (Å²) >= 11 is 2.60.